The summed E-state index contributed by atoms with van der Waals surface area (Å²) in [5, 5.41) is 12.7. The largest absolute Gasteiger partial charge is 0.507 e. The molecule has 5 aromatic carbocycles. The van der Waals surface area contributed by atoms with Crippen LogP contribution >= 0.6 is 0 Å². The summed E-state index contributed by atoms with van der Waals surface area (Å²) >= 11 is 0. The number of allylic oxidation sites excluding steroid dienone is 3. The third kappa shape index (κ3) is 7.00. The van der Waals surface area contributed by atoms with Gasteiger partial charge in [-0.25, -0.2) is 4.98 Å². The van der Waals surface area contributed by atoms with E-state index < -0.39 is 35.8 Å². The number of phenols is 1. The molecule has 0 atom stereocenters. The Morgan fingerprint density at radius 2 is 1.44 bits per heavy atom. The maximum Gasteiger partial charge on any atom is 0.357 e. The quantitative estimate of drug-likeness (QED) is 0.175. The van der Waals surface area contributed by atoms with Gasteiger partial charge in [-0.15, -0.1) is 0 Å². The van der Waals surface area contributed by atoms with E-state index in [1.165, 1.54) is 0 Å². The van der Waals surface area contributed by atoms with E-state index in [0.29, 0.717) is 56.8 Å². The average Bonchev–Trinajstić information content (AvgIpc) is 3.71. The predicted octanol–water partition coefficient (Wildman–Crippen LogP) is 12.1. The van der Waals surface area contributed by atoms with Crippen molar-refractivity contribution < 1.29 is 18.1 Å². The molecule has 0 radical (unpaired) electrons. The molecule has 7 heteroatoms. The minimum Gasteiger partial charge on any atom is -0.507 e. The number of pyridine rings is 1. The molecule has 6 nitrogen and oxygen atoms in total. The van der Waals surface area contributed by atoms with Gasteiger partial charge in [0.1, 0.15) is 17.3 Å². The number of imidazole rings is 1. The van der Waals surface area contributed by atoms with Crippen molar-refractivity contribution in [3.63, 3.8) is 0 Å². The van der Waals surface area contributed by atoms with Gasteiger partial charge in [-0.1, -0.05) is 147 Å². The summed E-state index contributed by atoms with van der Waals surface area (Å²) in [5.74, 6) is 1.49. The van der Waals surface area contributed by atoms with Crippen molar-refractivity contribution >= 4 is 24.0 Å². The van der Waals surface area contributed by atoms with Crippen LogP contribution in [0.15, 0.2) is 157 Å². The predicted molar refractivity (Wildman–Crippen MR) is 260 cm³/mol. The zero-order valence-corrected chi connectivity index (χ0v) is 37.2. The number of rotatable bonds is 5. The fourth-order valence-electron chi connectivity index (χ4n) is 8.76. The maximum absolute atomic E-state index is 12.7. The number of aromatic hydroxyl groups is 1. The highest BCUT2D eigenvalue weighted by molar-refractivity contribution is 6.85. The summed E-state index contributed by atoms with van der Waals surface area (Å²) in [6.45, 7) is 18.1. The summed E-state index contributed by atoms with van der Waals surface area (Å²) in [5.41, 5.74) is 8.49. The van der Waals surface area contributed by atoms with Crippen molar-refractivity contribution in [2.24, 2.45) is 0 Å². The molecule has 0 saturated carbocycles. The Hall–Kier alpha value is -6.86. The zero-order chi connectivity index (χ0) is 49.2. The Bertz CT molecular complexity index is 3380. The second-order valence-corrected chi connectivity index (χ2v) is 19.7. The maximum atomic E-state index is 12.7. The van der Waals surface area contributed by atoms with Crippen LogP contribution in [0.5, 0.6) is 11.5 Å². The van der Waals surface area contributed by atoms with Crippen molar-refractivity contribution in [1.82, 2.24) is 19.3 Å². The second-order valence-electron chi connectivity index (χ2n) is 19.7. The topological polar surface area (TPSA) is 63.4 Å². The molecular formula is C56H53BN4O2. The Balaban J connectivity index is 1.33. The first kappa shape index (κ1) is 33.7. The minimum atomic E-state index is -0.644. The number of aromatic nitrogens is 3. The molecule has 0 amide bonds. The van der Waals surface area contributed by atoms with Crippen LogP contribution < -0.4 is 15.8 Å². The number of ether oxygens (including phenoxy) is 1. The Kier molecular flexibility index (Phi) is 7.83. The van der Waals surface area contributed by atoms with Crippen molar-refractivity contribution in [2.45, 2.75) is 78.6 Å². The van der Waals surface area contributed by atoms with Gasteiger partial charge in [-0.05, 0) is 116 Å². The van der Waals surface area contributed by atoms with Gasteiger partial charge < -0.3 is 14.7 Å². The summed E-state index contributed by atoms with van der Waals surface area (Å²) < 4.78 is 63.5. The highest BCUT2D eigenvalue weighted by Gasteiger charge is 2.46. The van der Waals surface area contributed by atoms with E-state index in [-0.39, 0.29) is 34.9 Å². The molecule has 10 rings (SSSR count). The molecule has 0 spiro atoms. The van der Waals surface area contributed by atoms with Crippen molar-refractivity contribution in [3.05, 3.63) is 180 Å². The molecule has 2 aromatic heterocycles. The van der Waals surface area contributed by atoms with Gasteiger partial charge in [0.25, 0.3) is 0 Å². The standard InChI is InChI=1S/C56H53BN4O2/c1-54(2,3)39-24-25-47(42(31-39)36-19-14-11-15-20-36)60-48-34-41-21-16-22-50-61(41)57(52(48)59-53(60)43-32-40(55(4,5)6)33-44(51(43)62)56(7,8)9)45-29-38(23-26-49(45)63-50)46-30-37(27-28-58-46)35-17-12-10-13-18-35/h10-34,62H,1-9H3/i11D,14D,15D,19D,20D,34D. The molecule has 0 fully saturated rings. The lowest BCUT2D eigenvalue weighted by Crippen LogP contribution is -2.62. The molecule has 3 aliphatic rings. The number of hydrogen-bond acceptors (Lipinski definition) is 5. The molecule has 1 N–H and O–H groups in total. The van der Waals surface area contributed by atoms with Gasteiger partial charge in [0.15, 0.2) is 5.88 Å². The van der Waals surface area contributed by atoms with Crippen LogP contribution in [0.1, 0.15) is 92.9 Å². The molecular weight excluding hydrogens is 771 g/mol. The molecule has 0 aliphatic carbocycles. The van der Waals surface area contributed by atoms with Crippen LogP contribution in [-0.4, -0.2) is 31.3 Å². The normalized spacial score (nSPS) is 15.9. The van der Waals surface area contributed by atoms with E-state index >= 15 is 0 Å². The van der Waals surface area contributed by atoms with E-state index in [1.54, 1.807) is 0 Å². The van der Waals surface area contributed by atoms with Crippen LogP contribution in [0.25, 0.3) is 56.6 Å². The van der Waals surface area contributed by atoms with E-state index in [4.69, 9.17) is 18.8 Å². The highest BCUT2D eigenvalue weighted by atomic mass is 16.5. The van der Waals surface area contributed by atoms with E-state index in [0.717, 1.165) is 39.0 Å². The van der Waals surface area contributed by atoms with Crippen molar-refractivity contribution in [1.29, 1.82) is 0 Å². The Morgan fingerprint density at radius 1 is 0.698 bits per heavy atom. The Morgan fingerprint density at radius 3 is 2.17 bits per heavy atom. The average molecular weight is 831 g/mol. The third-order valence-corrected chi connectivity index (χ3v) is 12.2. The molecule has 312 valence electrons. The third-order valence-electron chi connectivity index (χ3n) is 12.2. The van der Waals surface area contributed by atoms with E-state index in [2.05, 4.69) is 92.6 Å². The summed E-state index contributed by atoms with van der Waals surface area (Å²) in [6.07, 6.45) is 7.44. The fourth-order valence-corrected chi connectivity index (χ4v) is 8.76. The summed E-state index contributed by atoms with van der Waals surface area (Å²) in [4.78, 5) is 12.4. The SMILES string of the molecule is [2H]C1=C2C=CC=C3Oc4ccc(-c5cc(-c6ccccc6)ccn5)cc4B(c4nc(-c5cc(C(C)(C)C)cc(C(C)(C)C)c5O)n(-c5ccc(C(C)(C)C)cc5-c5c([2H])c([2H])c([2H])c([2H])c5[2H])c41)N32. The number of fused-ring (bicyclic) bond motifs is 4. The zero-order valence-electron chi connectivity index (χ0n) is 43.2. The van der Waals surface area contributed by atoms with Gasteiger partial charge in [-0.2, -0.15) is 0 Å². The van der Waals surface area contributed by atoms with Crippen LogP contribution in [0.2, 0.25) is 0 Å². The lowest BCUT2D eigenvalue weighted by atomic mass is 9.48. The van der Waals surface area contributed by atoms with E-state index in [9.17, 15) is 9.22 Å². The molecule has 0 saturated heterocycles. The second kappa shape index (κ2) is 14.6. The Labute approximate surface area is 380 Å². The summed E-state index contributed by atoms with van der Waals surface area (Å²) in [7, 11) is 0. The molecule has 5 heterocycles. The first-order chi connectivity index (χ1) is 32.5. The van der Waals surface area contributed by atoms with Crippen molar-refractivity contribution in [3.8, 4) is 62.1 Å². The lowest BCUT2D eigenvalue weighted by Gasteiger charge is -2.41. The monoisotopic (exact) mass is 830 g/mol. The van der Waals surface area contributed by atoms with Crippen molar-refractivity contribution in [2.75, 3.05) is 0 Å². The van der Waals surface area contributed by atoms with Gasteiger partial charge >= 0.3 is 6.85 Å². The van der Waals surface area contributed by atoms with Crippen LogP contribution in [-0.2, 0) is 16.2 Å². The molecule has 0 unspecified atom stereocenters. The van der Waals surface area contributed by atoms with Crippen LogP contribution in [0.3, 0.4) is 0 Å². The lowest BCUT2D eigenvalue weighted by molar-refractivity contribution is 0.324. The molecule has 0 bridgehead atoms. The number of hydrogen-bond donors (Lipinski definition) is 1. The van der Waals surface area contributed by atoms with Gasteiger partial charge in [0.2, 0.25) is 0 Å². The number of nitrogens with zero attached hydrogens (tertiary/aromatic N) is 4. The fraction of sp³-hybridized carbons (Fsp3) is 0.214. The molecule has 63 heavy (non-hydrogen) atoms. The summed E-state index contributed by atoms with van der Waals surface area (Å²) in [6, 6.07) is 28.0. The van der Waals surface area contributed by atoms with Crippen LogP contribution in [0, 0.1) is 0 Å². The van der Waals surface area contributed by atoms with Gasteiger partial charge in [0.05, 0.1) is 36.5 Å². The number of benzene rings is 5. The minimum absolute atomic E-state index is 0.0178. The van der Waals surface area contributed by atoms with E-state index in [1.807, 2.05) is 94.5 Å². The first-order valence-electron chi connectivity index (χ1n) is 24.5. The smallest absolute Gasteiger partial charge is 0.357 e. The molecule has 7 aromatic rings. The van der Waals surface area contributed by atoms with Gasteiger partial charge in [-0.3, -0.25) is 9.55 Å². The first-order valence-corrected chi connectivity index (χ1v) is 21.5. The number of phenolic OH excluding ortho intramolecular Hbond substituents is 1. The highest BCUT2D eigenvalue weighted by Crippen LogP contribution is 2.45. The van der Waals surface area contributed by atoms with Crippen LogP contribution in [0.4, 0.5) is 0 Å². The van der Waals surface area contributed by atoms with Gasteiger partial charge in [0, 0.05) is 23.0 Å². The molecule has 3 aliphatic heterocycles.